The average Bonchev–Trinajstić information content (AvgIpc) is 2.53. The summed E-state index contributed by atoms with van der Waals surface area (Å²) in [4.78, 5) is 11.4. The van der Waals surface area contributed by atoms with Crippen LogP contribution in [0.25, 0.3) is 0 Å². The lowest BCUT2D eigenvalue weighted by Gasteiger charge is -2.27. The highest BCUT2D eigenvalue weighted by molar-refractivity contribution is 5.94. The Hall–Kier alpha value is -2.09. The number of ketones is 1. The van der Waals surface area contributed by atoms with Gasteiger partial charge in [0, 0.05) is 11.5 Å². The van der Waals surface area contributed by atoms with E-state index >= 15 is 0 Å². The lowest BCUT2D eigenvalue weighted by Crippen LogP contribution is -2.12. The van der Waals surface area contributed by atoms with Crippen molar-refractivity contribution in [3.05, 3.63) is 64.7 Å². The third-order valence-electron chi connectivity index (χ3n) is 4.40. The highest BCUT2D eigenvalue weighted by atomic mass is 16.5. The predicted octanol–water partition coefficient (Wildman–Crippen LogP) is 4.37. The van der Waals surface area contributed by atoms with Gasteiger partial charge in [0.25, 0.3) is 0 Å². The highest BCUT2D eigenvalue weighted by Crippen LogP contribution is 2.40. The molecule has 0 spiro atoms. The van der Waals surface area contributed by atoms with Gasteiger partial charge in [-0.1, -0.05) is 36.4 Å². The average molecular weight is 280 g/mol. The Morgan fingerprint density at radius 1 is 1.14 bits per heavy atom. The van der Waals surface area contributed by atoms with Crippen LogP contribution in [0.3, 0.4) is 0 Å². The molecule has 21 heavy (non-hydrogen) atoms. The minimum Gasteiger partial charge on any atom is -0.496 e. The van der Waals surface area contributed by atoms with E-state index in [1.165, 1.54) is 23.1 Å². The first-order valence-electron chi connectivity index (χ1n) is 7.47. The maximum absolute atomic E-state index is 11.4. The minimum absolute atomic E-state index is 0.118. The summed E-state index contributed by atoms with van der Waals surface area (Å²) in [6, 6.07) is 14.4. The molecule has 0 aliphatic heterocycles. The molecule has 2 aromatic carbocycles. The number of Topliss-reactive ketones (excluding diaryl/α,β-unsaturated/α-hetero) is 1. The molecule has 0 bridgehead atoms. The molecule has 108 valence electrons. The summed E-state index contributed by atoms with van der Waals surface area (Å²) in [5.74, 6) is 1.52. The lowest BCUT2D eigenvalue weighted by atomic mass is 9.78. The number of carbonyl (C=O) groups excluding carboxylic acids is 1. The second kappa shape index (κ2) is 5.72. The van der Waals surface area contributed by atoms with Crippen LogP contribution in [-0.4, -0.2) is 12.9 Å². The maximum Gasteiger partial charge on any atom is 0.159 e. The van der Waals surface area contributed by atoms with Gasteiger partial charge in [0.1, 0.15) is 5.75 Å². The summed E-state index contributed by atoms with van der Waals surface area (Å²) in [5.41, 5.74) is 4.78. The van der Waals surface area contributed by atoms with Gasteiger partial charge in [0.05, 0.1) is 7.11 Å². The third-order valence-corrected chi connectivity index (χ3v) is 4.40. The Morgan fingerprint density at radius 3 is 2.57 bits per heavy atom. The van der Waals surface area contributed by atoms with Gasteiger partial charge in [-0.25, -0.2) is 0 Å². The molecule has 2 nitrogen and oxygen atoms in total. The molecule has 1 aliphatic carbocycles. The Morgan fingerprint density at radius 2 is 1.90 bits per heavy atom. The molecule has 0 saturated carbocycles. The van der Waals surface area contributed by atoms with E-state index < -0.39 is 0 Å². The van der Waals surface area contributed by atoms with Crippen molar-refractivity contribution in [2.45, 2.75) is 32.1 Å². The second-order valence-corrected chi connectivity index (χ2v) is 5.65. The first-order valence-corrected chi connectivity index (χ1v) is 7.47. The highest BCUT2D eigenvalue weighted by Gasteiger charge is 2.24. The number of hydrogen-bond donors (Lipinski definition) is 0. The monoisotopic (exact) mass is 280 g/mol. The molecule has 1 atom stereocenters. The fourth-order valence-electron chi connectivity index (χ4n) is 3.30. The third kappa shape index (κ3) is 2.58. The number of rotatable bonds is 3. The molecule has 0 radical (unpaired) electrons. The number of benzene rings is 2. The molecular formula is C19H20O2. The SMILES string of the molecule is COc1cccc2c1CCCC2c1ccc(C(C)=O)cc1. The molecule has 0 heterocycles. The van der Waals surface area contributed by atoms with Gasteiger partial charge < -0.3 is 4.74 Å². The van der Waals surface area contributed by atoms with E-state index in [1.807, 2.05) is 18.2 Å². The Kier molecular flexibility index (Phi) is 3.78. The standard InChI is InChI=1S/C19H20O2/c1-13(20)14-9-11-15(12-10-14)16-5-3-7-18-17(16)6-4-8-19(18)21-2/h4,6,8-12,16H,3,5,7H2,1-2H3. The molecule has 0 saturated heterocycles. The van der Waals surface area contributed by atoms with Crippen molar-refractivity contribution in [3.63, 3.8) is 0 Å². The second-order valence-electron chi connectivity index (χ2n) is 5.65. The predicted molar refractivity (Wildman–Crippen MR) is 84.2 cm³/mol. The van der Waals surface area contributed by atoms with Crippen LogP contribution in [0.2, 0.25) is 0 Å². The zero-order valence-electron chi connectivity index (χ0n) is 12.6. The van der Waals surface area contributed by atoms with E-state index in [0.717, 1.165) is 24.2 Å². The van der Waals surface area contributed by atoms with Crippen LogP contribution < -0.4 is 4.74 Å². The van der Waals surface area contributed by atoms with E-state index in [1.54, 1.807) is 14.0 Å². The fourth-order valence-corrected chi connectivity index (χ4v) is 3.30. The minimum atomic E-state index is 0.118. The molecule has 0 amide bonds. The molecule has 3 rings (SSSR count). The molecular weight excluding hydrogens is 260 g/mol. The summed E-state index contributed by atoms with van der Waals surface area (Å²) < 4.78 is 5.50. The quantitative estimate of drug-likeness (QED) is 0.781. The van der Waals surface area contributed by atoms with Crippen LogP contribution in [0.1, 0.15) is 52.7 Å². The van der Waals surface area contributed by atoms with E-state index in [4.69, 9.17) is 4.74 Å². The largest absolute Gasteiger partial charge is 0.496 e. The fraction of sp³-hybridized carbons (Fsp3) is 0.316. The van der Waals surface area contributed by atoms with E-state index in [2.05, 4.69) is 24.3 Å². The number of hydrogen-bond acceptors (Lipinski definition) is 2. The molecule has 2 aromatic rings. The lowest BCUT2D eigenvalue weighted by molar-refractivity contribution is 0.101. The van der Waals surface area contributed by atoms with Crippen LogP contribution in [0.15, 0.2) is 42.5 Å². The molecule has 1 unspecified atom stereocenters. The Labute approximate surface area is 125 Å². The van der Waals surface area contributed by atoms with Crippen molar-refractivity contribution in [1.29, 1.82) is 0 Å². The molecule has 0 fully saturated rings. The number of ether oxygens (including phenoxy) is 1. The van der Waals surface area contributed by atoms with Gasteiger partial charge in [-0.15, -0.1) is 0 Å². The van der Waals surface area contributed by atoms with Gasteiger partial charge in [0.2, 0.25) is 0 Å². The van der Waals surface area contributed by atoms with Crippen molar-refractivity contribution >= 4 is 5.78 Å². The van der Waals surface area contributed by atoms with Crippen LogP contribution in [0.4, 0.5) is 0 Å². The molecule has 1 aliphatic rings. The first kappa shape index (κ1) is 13.9. The summed E-state index contributed by atoms with van der Waals surface area (Å²) in [6.45, 7) is 1.61. The van der Waals surface area contributed by atoms with Gasteiger partial charge in [-0.2, -0.15) is 0 Å². The van der Waals surface area contributed by atoms with Crippen molar-refractivity contribution in [1.82, 2.24) is 0 Å². The van der Waals surface area contributed by atoms with Crippen LogP contribution >= 0.6 is 0 Å². The Bertz CT molecular complexity index is 656. The molecule has 0 N–H and O–H groups in total. The van der Waals surface area contributed by atoms with Gasteiger partial charge in [-0.05, 0) is 48.9 Å². The van der Waals surface area contributed by atoms with Crippen molar-refractivity contribution in [2.75, 3.05) is 7.11 Å². The van der Waals surface area contributed by atoms with Gasteiger partial charge in [-0.3, -0.25) is 4.79 Å². The van der Waals surface area contributed by atoms with Crippen molar-refractivity contribution < 1.29 is 9.53 Å². The number of fused-ring (bicyclic) bond motifs is 1. The summed E-state index contributed by atoms with van der Waals surface area (Å²) >= 11 is 0. The van der Waals surface area contributed by atoms with Crippen LogP contribution in [0.5, 0.6) is 5.75 Å². The number of methoxy groups -OCH3 is 1. The van der Waals surface area contributed by atoms with E-state index in [-0.39, 0.29) is 5.78 Å². The van der Waals surface area contributed by atoms with Crippen molar-refractivity contribution in [3.8, 4) is 5.75 Å². The Balaban J connectivity index is 2.00. The smallest absolute Gasteiger partial charge is 0.159 e. The maximum atomic E-state index is 11.4. The van der Waals surface area contributed by atoms with Crippen LogP contribution in [0, 0.1) is 0 Å². The topological polar surface area (TPSA) is 26.3 Å². The summed E-state index contributed by atoms with van der Waals surface area (Å²) in [7, 11) is 1.74. The summed E-state index contributed by atoms with van der Waals surface area (Å²) in [6.07, 6.45) is 3.41. The van der Waals surface area contributed by atoms with Crippen molar-refractivity contribution in [2.24, 2.45) is 0 Å². The molecule has 0 aromatic heterocycles. The number of carbonyl (C=O) groups is 1. The van der Waals surface area contributed by atoms with Gasteiger partial charge >= 0.3 is 0 Å². The first-order chi connectivity index (χ1) is 10.2. The zero-order chi connectivity index (χ0) is 14.8. The van der Waals surface area contributed by atoms with Gasteiger partial charge in [0.15, 0.2) is 5.78 Å². The summed E-state index contributed by atoms with van der Waals surface area (Å²) in [5, 5.41) is 0. The van der Waals surface area contributed by atoms with E-state index in [9.17, 15) is 4.79 Å². The zero-order valence-corrected chi connectivity index (χ0v) is 12.6. The van der Waals surface area contributed by atoms with Crippen LogP contribution in [-0.2, 0) is 6.42 Å². The van der Waals surface area contributed by atoms with E-state index in [0.29, 0.717) is 5.92 Å². The molecule has 2 heteroatoms. The normalized spacial score (nSPS) is 17.1.